The van der Waals surface area contributed by atoms with Crippen molar-refractivity contribution in [3.05, 3.63) is 47.8 Å². The van der Waals surface area contributed by atoms with Crippen molar-refractivity contribution in [2.45, 2.75) is 26.8 Å². The van der Waals surface area contributed by atoms with Crippen molar-refractivity contribution in [3.8, 4) is 5.13 Å². The maximum atomic E-state index is 4.74. The molecule has 20 heavy (non-hydrogen) atoms. The number of nitrogens with zero attached hydrogens (tertiary/aromatic N) is 2. The molecule has 1 N–H and O–H groups in total. The summed E-state index contributed by atoms with van der Waals surface area (Å²) in [5.74, 6) is 0. The van der Waals surface area contributed by atoms with E-state index in [1.807, 2.05) is 0 Å². The molecule has 4 heteroatoms. The van der Waals surface area contributed by atoms with Crippen LogP contribution in [-0.4, -0.2) is 16.1 Å². The first-order valence-electron chi connectivity index (χ1n) is 7.02. The SMILES string of the molecule is CCCNCc1cccn1-c1nc2ccc(C)cc2s1. The molecule has 104 valence electrons. The van der Waals surface area contributed by atoms with Gasteiger partial charge in [0.25, 0.3) is 0 Å². The van der Waals surface area contributed by atoms with Crippen molar-refractivity contribution in [1.82, 2.24) is 14.9 Å². The normalized spacial score (nSPS) is 11.3. The largest absolute Gasteiger partial charge is 0.311 e. The predicted octanol–water partition coefficient (Wildman–Crippen LogP) is 3.90. The van der Waals surface area contributed by atoms with Crippen molar-refractivity contribution in [2.75, 3.05) is 6.54 Å². The van der Waals surface area contributed by atoms with Crippen LogP contribution in [0.1, 0.15) is 24.6 Å². The molecule has 0 saturated heterocycles. The summed E-state index contributed by atoms with van der Waals surface area (Å²) in [4.78, 5) is 4.74. The van der Waals surface area contributed by atoms with E-state index in [-0.39, 0.29) is 0 Å². The molecule has 3 nitrogen and oxygen atoms in total. The molecule has 0 radical (unpaired) electrons. The van der Waals surface area contributed by atoms with E-state index in [1.165, 1.54) is 16.0 Å². The van der Waals surface area contributed by atoms with Gasteiger partial charge in [0.1, 0.15) is 0 Å². The van der Waals surface area contributed by atoms with Crippen LogP contribution in [0.5, 0.6) is 0 Å². The number of hydrogen-bond acceptors (Lipinski definition) is 3. The summed E-state index contributed by atoms with van der Waals surface area (Å²) in [6.45, 7) is 6.23. The monoisotopic (exact) mass is 285 g/mol. The third-order valence-electron chi connectivity index (χ3n) is 3.30. The molecule has 2 aromatic heterocycles. The van der Waals surface area contributed by atoms with Crippen molar-refractivity contribution < 1.29 is 0 Å². The van der Waals surface area contributed by atoms with E-state index >= 15 is 0 Å². The Bertz CT molecular complexity index is 711. The molecular weight excluding hydrogens is 266 g/mol. The van der Waals surface area contributed by atoms with E-state index in [0.717, 1.165) is 30.2 Å². The van der Waals surface area contributed by atoms with E-state index in [2.05, 4.69) is 60.3 Å². The first kappa shape index (κ1) is 13.3. The van der Waals surface area contributed by atoms with Crippen molar-refractivity contribution in [3.63, 3.8) is 0 Å². The lowest BCUT2D eigenvalue weighted by Crippen LogP contribution is -2.16. The summed E-state index contributed by atoms with van der Waals surface area (Å²) in [6, 6.07) is 10.7. The lowest BCUT2D eigenvalue weighted by molar-refractivity contribution is 0.656. The molecule has 0 aliphatic heterocycles. The Morgan fingerprint density at radius 2 is 2.20 bits per heavy atom. The van der Waals surface area contributed by atoms with Crippen molar-refractivity contribution >= 4 is 21.6 Å². The highest BCUT2D eigenvalue weighted by Gasteiger charge is 2.08. The zero-order valence-corrected chi connectivity index (χ0v) is 12.7. The number of thiazole rings is 1. The van der Waals surface area contributed by atoms with E-state index in [4.69, 9.17) is 4.98 Å². The lowest BCUT2D eigenvalue weighted by Gasteiger charge is -2.06. The summed E-state index contributed by atoms with van der Waals surface area (Å²) in [6.07, 6.45) is 3.24. The molecule has 2 heterocycles. The molecule has 0 fully saturated rings. The number of hydrogen-bond donors (Lipinski definition) is 1. The number of rotatable bonds is 5. The average Bonchev–Trinajstić information content (AvgIpc) is 3.04. The standard InChI is InChI=1S/C16H19N3S/c1-3-8-17-11-13-5-4-9-19(13)16-18-14-7-6-12(2)10-15(14)20-16/h4-7,9-10,17H,3,8,11H2,1-2H3. The number of nitrogens with one attached hydrogen (secondary N) is 1. The quantitative estimate of drug-likeness (QED) is 0.721. The maximum absolute atomic E-state index is 4.74. The highest BCUT2D eigenvalue weighted by atomic mass is 32.1. The second-order valence-electron chi connectivity index (χ2n) is 5.01. The number of fused-ring (bicyclic) bond motifs is 1. The van der Waals surface area contributed by atoms with Gasteiger partial charge < -0.3 is 5.32 Å². The van der Waals surface area contributed by atoms with Gasteiger partial charge in [0.2, 0.25) is 0 Å². The van der Waals surface area contributed by atoms with Crippen LogP contribution < -0.4 is 5.32 Å². The van der Waals surface area contributed by atoms with Gasteiger partial charge in [0.05, 0.1) is 10.2 Å². The van der Waals surface area contributed by atoms with Crippen molar-refractivity contribution in [2.24, 2.45) is 0 Å². The zero-order chi connectivity index (χ0) is 13.9. The molecule has 0 spiro atoms. The highest BCUT2D eigenvalue weighted by molar-refractivity contribution is 7.20. The van der Waals surface area contributed by atoms with E-state index < -0.39 is 0 Å². The molecule has 0 bridgehead atoms. The molecule has 0 amide bonds. The molecular formula is C16H19N3S. The minimum absolute atomic E-state index is 0.885. The molecule has 0 aliphatic carbocycles. The van der Waals surface area contributed by atoms with Crippen LogP contribution >= 0.6 is 11.3 Å². The van der Waals surface area contributed by atoms with E-state index in [0.29, 0.717) is 0 Å². The molecule has 0 atom stereocenters. The summed E-state index contributed by atoms with van der Waals surface area (Å²) in [7, 11) is 0. The Kier molecular flexibility index (Phi) is 3.85. The fourth-order valence-electron chi connectivity index (χ4n) is 2.26. The van der Waals surface area contributed by atoms with Gasteiger partial charge in [-0.3, -0.25) is 4.57 Å². The molecule has 3 rings (SSSR count). The number of benzene rings is 1. The predicted molar refractivity (Wildman–Crippen MR) is 85.7 cm³/mol. The Labute approximate surface area is 123 Å². The van der Waals surface area contributed by atoms with Gasteiger partial charge in [-0.1, -0.05) is 24.3 Å². The van der Waals surface area contributed by atoms with Crippen LogP contribution in [0.25, 0.3) is 15.3 Å². The topological polar surface area (TPSA) is 29.9 Å². The Morgan fingerprint density at radius 1 is 1.30 bits per heavy atom. The second kappa shape index (κ2) is 5.77. The number of aryl methyl sites for hydroxylation is 1. The Morgan fingerprint density at radius 3 is 3.05 bits per heavy atom. The first-order valence-corrected chi connectivity index (χ1v) is 7.84. The molecule has 0 saturated carbocycles. The van der Waals surface area contributed by atoms with Crippen LogP contribution in [0.2, 0.25) is 0 Å². The van der Waals surface area contributed by atoms with Crippen molar-refractivity contribution in [1.29, 1.82) is 0 Å². The van der Waals surface area contributed by atoms with Gasteiger partial charge in [-0.2, -0.15) is 0 Å². The summed E-state index contributed by atoms with van der Waals surface area (Å²) in [5.41, 5.74) is 3.62. The molecule has 3 aromatic rings. The Balaban J connectivity index is 1.92. The van der Waals surface area contributed by atoms with Crippen LogP contribution in [0.4, 0.5) is 0 Å². The number of aromatic nitrogens is 2. The van der Waals surface area contributed by atoms with E-state index in [9.17, 15) is 0 Å². The smallest absolute Gasteiger partial charge is 0.194 e. The van der Waals surface area contributed by atoms with E-state index in [1.54, 1.807) is 11.3 Å². The van der Waals surface area contributed by atoms with Gasteiger partial charge in [0.15, 0.2) is 5.13 Å². The third kappa shape index (κ3) is 2.62. The molecule has 0 aliphatic rings. The zero-order valence-electron chi connectivity index (χ0n) is 11.9. The summed E-state index contributed by atoms with van der Waals surface area (Å²) >= 11 is 1.75. The minimum atomic E-state index is 0.885. The second-order valence-corrected chi connectivity index (χ2v) is 6.02. The lowest BCUT2D eigenvalue weighted by atomic mass is 10.2. The fraction of sp³-hybridized carbons (Fsp3) is 0.312. The van der Waals surface area contributed by atoms with Gasteiger partial charge in [-0.05, 0) is 49.7 Å². The molecule has 0 unspecified atom stereocenters. The van der Waals surface area contributed by atoms with Gasteiger partial charge in [-0.15, -0.1) is 0 Å². The van der Waals surface area contributed by atoms with Gasteiger partial charge in [-0.25, -0.2) is 4.98 Å². The highest BCUT2D eigenvalue weighted by Crippen LogP contribution is 2.26. The fourth-order valence-corrected chi connectivity index (χ4v) is 3.34. The average molecular weight is 285 g/mol. The summed E-state index contributed by atoms with van der Waals surface area (Å²) in [5, 5.41) is 4.49. The Hall–Kier alpha value is -1.65. The third-order valence-corrected chi connectivity index (χ3v) is 4.32. The maximum Gasteiger partial charge on any atom is 0.194 e. The van der Waals surface area contributed by atoms with Crippen LogP contribution in [0, 0.1) is 6.92 Å². The first-order chi connectivity index (χ1) is 9.78. The van der Waals surface area contributed by atoms with Gasteiger partial charge in [0, 0.05) is 18.4 Å². The molecule has 1 aromatic carbocycles. The van der Waals surface area contributed by atoms with Crippen LogP contribution in [0.3, 0.4) is 0 Å². The van der Waals surface area contributed by atoms with Gasteiger partial charge >= 0.3 is 0 Å². The van der Waals surface area contributed by atoms with Crippen LogP contribution in [0.15, 0.2) is 36.5 Å². The van der Waals surface area contributed by atoms with Crippen LogP contribution in [-0.2, 0) is 6.54 Å². The summed E-state index contributed by atoms with van der Waals surface area (Å²) < 4.78 is 3.43. The minimum Gasteiger partial charge on any atom is -0.311 e.